The summed E-state index contributed by atoms with van der Waals surface area (Å²) in [4.78, 5) is 17.7. The zero-order chi connectivity index (χ0) is 20.9. The molecule has 3 aromatic rings. The highest BCUT2D eigenvalue weighted by Gasteiger charge is 2.44. The van der Waals surface area contributed by atoms with Gasteiger partial charge >= 0.3 is 0 Å². The Morgan fingerprint density at radius 2 is 2.03 bits per heavy atom. The third-order valence-electron chi connectivity index (χ3n) is 6.10. The third-order valence-corrected chi connectivity index (χ3v) is 6.64. The van der Waals surface area contributed by atoms with Crippen LogP contribution in [0.25, 0.3) is 22.4 Å². The Morgan fingerprint density at radius 3 is 2.70 bits per heavy atom. The van der Waals surface area contributed by atoms with Crippen LogP contribution in [0.1, 0.15) is 37.8 Å². The number of imidazole rings is 1. The summed E-state index contributed by atoms with van der Waals surface area (Å²) in [5.41, 5.74) is 2.76. The van der Waals surface area contributed by atoms with Gasteiger partial charge in [0.25, 0.3) is 0 Å². The zero-order valence-electron chi connectivity index (χ0n) is 16.6. The smallest absolute Gasteiger partial charge is 0.181 e. The first kappa shape index (κ1) is 19.7. The second kappa shape index (κ2) is 7.47. The van der Waals surface area contributed by atoms with Crippen molar-refractivity contribution in [1.29, 1.82) is 0 Å². The maximum absolute atomic E-state index is 13.7. The molecular formula is C23H21Cl2FN4. The monoisotopic (exact) mass is 442 g/mol. The van der Waals surface area contributed by atoms with Crippen molar-refractivity contribution in [2.45, 2.75) is 39.0 Å². The molecule has 0 bridgehead atoms. The number of benzene rings is 1. The molecule has 2 heterocycles. The molecule has 0 aliphatic heterocycles. The van der Waals surface area contributed by atoms with Gasteiger partial charge in [-0.05, 0) is 55.5 Å². The highest BCUT2D eigenvalue weighted by molar-refractivity contribution is 6.36. The molecule has 1 atom stereocenters. The topological polar surface area (TPSA) is 54.5 Å². The fraction of sp³-hybridized carbons (Fsp3) is 0.348. The van der Waals surface area contributed by atoms with Crippen molar-refractivity contribution >= 4 is 34.4 Å². The van der Waals surface area contributed by atoms with Crippen LogP contribution < -0.4 is 0 Å². The summed E-state index contributed by atoms with van der Waals surface area (Å²) >= 11 is 12.6. The number of aromatic nitrogens is 4. The fourth-order valence-electron chi connectivity index (χ4n) is 4.31. The quantitative estimate of drug-likeness (QED) is 0.481. The van der Waals surface area contributed by atoms with Crippen molar-refractivity contribution in [2.75, 3.05) is 0 Å². The van der Waals surface area contributed by atoms with E-state index >= 15 is 0 Å². The van der Waals surface area contributed by atoms with E-state index in [0.29, 0.717) is 40.3 Å². The number of nitrogens with one attached hydrogen (secondary N) is 1. The summed E-state index contributed by atoms with van der Waals surface area (Å²) in [5.74, 6) is 1.91. The lowest BCUT2D eigenvalue weighted by molar-refractivity contribution is 0.312. The second-order valence-corrected chi connectivity index (χ2v) is 9.00. The van der Waals surface area contributed by atoms with Crippen LogP contribution in [0.4, 0.5) is 4.39 Å². The molecule has 7 heteroatoms. The van der Waals surface area contributed by atoms with Crippen LogP contribution in [0.15, 0.2) is 42.3 Å². The summed E-state index contributed by atoms with van der Waals surface area (Å²) in [5, 5.41) is 1.10. The molecule has 0 amide bonds. The number of allylic oxidation sites excluding steroid dienone is 4. The van der Waals surface area contributed by atoms with Gasteiger partial charge in [0, 0.05) is 28.8 Å². The van der Waals surface area contributed by atoms with Crippen LogP contribution in [-0.2, 0) is 12.8 Å². The van der Waals surface area contributed by atoms with Gasteiger partial charge in [-0.25, -0.2) is 19.3 Å². The van der Waals surface area contributed by atoms with Crippen molar-refractivity contribution in [3.8, 4) is 11.3 Å². The fourth-order valence-corrected chi connectivity index (χ4v) is 4.81. The summed E-state index contributed by atoms with van der Waals surface area (Å²) in [6.45, 7) is 2.04. The molecule has 0 radical (unpaired) electrons. The van der Waals surface area contributed by atoms with Gasteiger partial charge in [0.15, 0.2) is 5.65 Å². The molecule has 2 aliphatic rings. The highest BCUT2D eigenvalue weighted by Crippen LogP contribution is 2.52. The molecule has 1 fully saturated rings. The molecule has 0 spiro atoms. The first-order valence-corrected chi connectivity index (χ1v) is 11.0. The molecule has 2 aromatic heterocycles. The standard InChI is InChI=1S/C23H21Cl2FN4/c1-2-18-27-21-20(16-6-5-14(24)11-17(16)25)28-19(30-22(21)29-18)12-23(13-3-4-13)9-7-15(26)8-10-23/h5-9,11,13H,2-4,10,12H2,1H3,(H,27,28,29,30). The van der Waals surface area contributed by atoms with Gasteiger partial charge in [0.2, 0.25) is 0 Å². The summed E-state index contributed by atoms with van der Waals surface area (Å²) in [6.07, 6.45) is 9.65. The van der Waals surface area contributed by atoms with Gasteiger partial charge in [0.1, 0.15) is 28.7 Å². The number of hydrogen-bond acceptors (Lipinski definition) is 3. The molecule has 0 saturated heterocycles. The van der Waals surface area contributed by atoms with E-state index in [1.165, 1.54) is 0 Å². The Hall–Kier alpha value is -2.24. The summed E-state index contributed by atoms with van der Waals surface area (Å²) < 4.78 is 13.7. The number of fused-ring (bicyclic) bond motifs is 1. The molecule has 1 N–H and O–H groups in total. The maximum atomic E-state index is 13.7. The lowest BCUT2D eigenvalue weighted by Gasteiger charge is -2.31. The molecule has 2 aliphatic carbocycles. The summed E-state index contributed by atoms with van der Waals surface area (Å²) in [7, 11) is 0. The number of nitrogens with zero attached hydrogens (tertiary/aromatic N) is 3. The number of halogens is 3. The lowest BCUT2D eigenvalue weighted by Crippen LogP contribution is -2.26. The Kier molecular flexibility index (Phi) is 4.91. The third kappa shape index (κ3) is 3.54. The zero-order valence-corrected chi connectivity index (χ0v) is 18.1. The van der Waals surface area contributed by atoms with Gasteiger partial charge in [0.05, 0.1) is 5.02 Å². The van der Waals surface area contributed by atoms with Gasteiger partial charge in [-0.15, -0.1) is 0 Å². The summed E-state index contributed by atoms with van der Waals surface area (Å²) in [6, 6.07) is 5.39. The van der Waals surface area contributed by atoms with E-state index < -0.39 is 0 Å². The van der Waals surface area contributed by atoms with Gasteiger partial charge in [-0.1, -0.05) is 36.2 Å². The average Bonchev–Trinajstić information content (AvgIpc) is 3.50. The van der Waals surface area contributed by atoms with Crippen LogP contribution in [-0.4, -0.2) is 19.9 Å². The van der Waals surface area contributed by atoms with E-state index in [2.05, 4.69) is 9.97 Å². The Morgan fingerprint density at radius 1 is 1.20 bits per heavy atom. The minimum absolute atomic E-state index is 0.145. The highest BCUT2D eigenvalue weighted by atomic mass is 35.5. The molecule has 1 saturated carbocycles. The van der Waals surface area contributed by atoms with Crippen molar-refractivity contribution in [2.24, 2.45) is 11.3 Å². The van der Waals surface area contributed by atoms with Crippen LogP contribution in [0.2, 0.25) is 10.0 Å². The van der Waals surface area contributed by atoms with E-state index in [1.807, 2.05) is 19.1 Å². The van der Waals surface area contributed by atoms with Crippen LogP contribution in [0.3, 0.4) is 0 Å². The molecule has 1 unspecified atom stereocenters. The molecule has 30 heavy (non-hydrogen) atoms. The number of aryl methyl sites for hydroxylation is 1. The van der Waals surface area contributed by atoms with Crippen molar-refractivity contribution in [1.82, 2.24) is 19.9 Å². The first-order valence-electron chi connectivity index (χ1n) is 10.2. The van der Waals surface area contributed by atoms with E-state index in [1.54, 1.807) is 24.3 Å². The van der Waals surface area contributed by atoms with E-state index in [0.717, 1.165) is 41.9 Å². The van der Waals surface area contributed by atoms with E-state index in [4.69, 9.17) is 33.2 Å². The first-order chi connectivity index (χ1) is 14.5. The van der Waals surface area contributed by atoms with Crippen molar-refractivity contribution in [3.63, 3.8) is 0 Å². The lowest BCUT2D eigenvalue weighted by atomic mass is 9.74. The minimum Gasteiger partial charge on any atom is -0.339 e. The van der Waals surface area contributed by atoms with Crippen molar-refractivity contribution in [3.05, 3.63) is 63.9 Å². The van der Waals surface area contributed by atoms with Crippen LogP contribution in [0, 0.1) is 11.3 Å². The van der Waals surface area contributed by atoms with Crippen LogP contribution in [0.5, 0.6) is 0 Å². The number of H-pyrrole nitrogens is 1. The predicted molar refractivity (Wildman–Crippen MR) is 118 cm³/mol. The molecule has 4 nitrogen and oxygen atoms in total. The molecule has 1 aromatic carbocycles. The Labute approximate surface area is 184 Å². The van der Waals surface area contributed by atoms with Crippen molar-refractivity contribution < 1.29 is 4.39 Å². The maximum Gasteiger partial charge on any atom is 0.181 e. The SMILES string of the molecule is CCc1nc2nc(CC3(C4CC4)C=CC(F)=CC3)nc(-c3ccc(Cl)cc3Cl)c2[nH]1. The Bertz CT molecular complexity index is 1200. The minimum atomic E-state index is -0.170. The van der Waals surface area contributed by atoms with Gasteiger partial charge in [-0.3, -0.25) is 0 Å². The number of hydrogen-bond donors (Lipinski definition) is 1. The largest absolute Gasteiger partial charge is 0.339 e. The number of aromatic amines is 1. The Balaban J connectivity index is 1.63. The van der Waals surface area contributed by atoms with E-state index in [-0.39, 0.29) is 11.2 Å². The molecule has 5 rings (SSSR count). The predicted octanol–water partition coefficient (Wildman–Crippen LogP) is 6.64. The van der Waals surface area contributed by atoms with Crippen LogP contribution >= 0.6 is 23.2 Å². The van der Waals surface area contributed by atoms with E-state index in [9.17, 15) is 4.39 Å². The second-order valence-electron chi connectivity index (χ2n) is 8.16. The average molecular weight is 443 g/mol. The normalized spacial score (nSPS) is 21.3. The van der Waals surface area contributed by atoms with Gasteiger partial charge < -0.3 is 4.98 Å². The number of rotatable bonds is 5. The van der Waals surface area contributed by atoms with Gasteiger partial charge in [-0.2, -0.15) is 0 Å². The molecule has 154 valence electrons. The molecular weight excluding hydrogens is 422 g/mol.